The predicted molar refractivity (Wildman–Crippen MR) is 73.0 cm³/mol. The van der Waals surface area contributed by atoms with E-state index in [0.29, 0.717) is 11.1 Å². The molecule has 0 amide bonds. The maximum absolute atomic E-state index is 6.18. The Hall–Kier alpha value is -0.870. The van der Waals surface area contributed by atoms with Crippen molar-refractivity contribution in [3.8, 4) is 0 Å². The van der Waals surface area contributed by atoms with Gasteiger partial charge in [0.25, 0.3) is 0 Å². The molecule has 2 saturated heterocycles. The Morgan fingerprint density at radius 3 is 3.06 bits per heavy atom. The minimum Gasteiger partial charge on any atom is -0.355 e. The molecule has 2 unspecified atom stereocenters. The first-order valence-corrected chi connectivity index (χ1v) is 7.16. The summed E-state index contributed by atoms with van der Waals surface area (Å²) >= 11 is 6.18. The van der Waals surface area contributed by atoms with E-state index in [1.165, 1.54) is 32.2 Å². The van der Waals surface area contributed by atoms with Crippen molar-refractivity contribution in [3.05, 3.63) is 17.5 Å². The molecule has 0 radical (unpaired) electrons. The van der Waals surface area contributed by atoms with E-state index in [9.17, 15) is 0 Å². The second kappa shape index (κ2) is 5.41. The number of aromatic nitrogens is 2. The van der Waals surface area contributed by atoms with Crippen LogP contribution in [0.15, 0.2) is 12.5 Å². The molecule has 2 atom stereocenters. The van der Waals surface area contributed by atoms with Crippen LogP contribution in [0.3, 0.4) is 0 Å². The number of anilines is 1. The van der Waals surface area contributed by atoms with E-state index < -0.39 is 0 Å². The molecule has 3 heterocycles. The van der Waals surface area contributed by atoms with Gasteiger partial charge in [-0.15, -0.1) is 0 Å². The van der Waals surface area contributed by atoms with Gasteiger partial charge in [0.1, 0.15) is 11.3 Å². The Balaban J connectivity index is 1.72. The van der Waals surface area contributed by atoms with Crippen LogP contribution in [0.2, 0.25) is 5.02 Å². The third kappa shape index (κ3) is 2.45. The van der Waals surface area contributed by atoms with Crippen molar-refractivity contribution in [2.45, 2.75) is 31.7 Å². The lowest BCUT2D eigenvalue weighted by atomic mass is 9.90. The van der Waals surface area contributed by atoms with Crippen LogP contribution in [0.5, 0.6) is 0 Å². The predicted octanol–water partition coefficient (Wildman–Crippen LogP) is 2.10. The van der Waals surface area contributed by atoms with Crippen LogP contribution in [0.25, 0.3) is 0 Å². The van der Waals surface area contributed by atoms with E-state index in [4.69, 9.17) is 11.6 Å². The lowest BCUT2D eigenvalue weighted by Gasteiger charge is -2.36. The third-order valence-corrected chi connectivity index (χ3v) is 4.34. The van der Waals surface area contributed by atoms with Crippen molar-refractivity contribution in [3.63, 3.8) is 0 Å². The Morgan fingerprint density at radius 2 is 2.28 bits per heavy atom. The van der Waals surface area contributed by atoms with Crippen molar-refractivity contribution in [2.75, 3.05) is 24.5 Å². The molecule has 4 nitrogen and oxygen atoms in total. The van der Waals surface area contributed by atoms with Crippen LogP contribution in [0.1, 0.15) is 25.7 Å². The lowest BCUT2D eigenvalue weighted by Crippen LogP contribution is -2.44. The Labute approximate surface area is 113 Å². The SMILES string of the molecule is Clc1cncnc1N1CCCC(C2CCCN2)C1. The molecular formula is C13H19ClN4. The topological polar surface area (TPSA) is 41.1 Å². The van der Waals surface area contributed by atoms with Gasteiger partial charge in [-0.25, -0.2) is 9.97 Å². The van der Waals surface area contributed by atoms with Gasteiger partial charge in [0.2, 0.25) is 0 Å². The van der Waals surface area contributed by atoms with Gasteiger partial charge in [-0.1, -0.05) is 11.6 Å². The van der Waals surface area contributed by atoms with E-state index >= 15 is 0 Å². The number of nitrogens with zero attached hydrogens (tertiary/aromatic N) is 3. The van der Waals surface area contributed by atoms with Gasteiger partial charge >= 0.3 is 0 Å². The fourth-order valence-corrected chi connectivity index (χ4v) is 3.41. The van der Waals surface area contributed by atoms with Crippen LogP contribution in [0, 0.1) is 5.92 Å². The number of halogens is 1. The van der Waals surface area contributed by atoms with E-state index in [1.54, 1.807) is 12.5 Å². The van der Waals surface area contributed by atoms with Gasteiger partial charge in [-0.05, 0) is 38.1 Å². The summed E-state index contributed by atoms with van der Waals surface area (Å²) < 4.78 is 0. The monoisotopic (exact) mass is 266 g/mol. The van der Waals surface area contributed by atoms with Crippen molar-refractivity contribution in [1.82, 2.24) is 15.3 Å². The van der Waals surface area contributed by atoms with Crippen molar-refractivity contribution >= 4 is 17.4 Å². The summed E-state index contributed by atoms with van der Waals surface area (Å²) in [5.41, 5.74) is 0. The van der Waals surface area contributed by atoms with Gasteiger partial charge in [0, 0.05) is 19.1 Å². The second-order valence-electron chi connectivity index (χ2n) is 5.25. The molecule has 0 spiro atoms. The summed E-state index contributed by atoms with van der Waals surface area (Å²) in [4.78, 5) is 10.6. The van der Waals surface area contributed by atoms with Gasteiger partial charge in [0.15, 0.2) is 5.82 Å². The highest BCUT2D eigenvalue weighted by atomic mass is 35.5. The fraction of sp³-hybridized carbons (Fsp3) is 0.692. The van der Waals surface area contributed by atoms with E-state index in [1.807, 2.05) is 0 Å². The quantitative estimate of drug-likeness (QED) is 0.890. The Kier molecular flexibility index (Phi) is 3.66. The van der Waals surface area contributed by atoms with Crippen molar-refractivity contribution in [1.29, 1.82) is 0 Å². The van der Waals surface area contributed by atoms with Gasteiger partial charge < -0.3 is 10.2 Å². The summed E-state index contributed by atoms with van der Waals surface area (Å²) in [6, 6.07) is 0.688. The largest absolute Gasteiger partial charge is 0.355 e. The van der Waals surface area contributed by atoms with Crippen LogP contribution in [-0.4, -0.2) is 35.6 Å². The summed E-state index contributed by atoms with van der Waals surface area (Å²) in [5.74, 6) is 1.63. The average molecular weight is 267 g/mol. The summed E-state index contributed by atoms with van der Waals surface area (Å²) in [7, 11) is 0. The maximum Gasteiger partial charge on any atom is 0.150 e. The van der Waals surface area contributed by atoms with E-state index in [0.717, 1.165) is 24.8 Å². The minimum atomic E-state index is 0.664. The fourth-order valence-electron chi connectivity index (χ4n) is 3.18. The summed E-state index contributed by atoms with van der Waals surface area (Å²) in [6.07, 6.45) is 8.44. The molecule has 1 N–H and O–H groups in total. The molecule has 0 aliphatic carbocycles. The summed E-state index contributed by atoms with van der Waals surface area (Å²) in [6.45, 7) is 3.30. The first-order chi connectivity index (χ1) is 8.84. The normalized spacial score (nSPS) is 28.6. The van der Waals surface area contributed by atoms with E-state index in [-0.39, 0.29) is 0 Å². The van der Waals surface area contributed by atoms with Gasteiger partial charge in [-0.2, -0.15) is 0 Å². The highest BCUT2D eigenvalue weighted by Gasteiger charge is 2.30. The van der Waals surface area contributed by atoms with Crippen molar-refractivity contribution < 1.29 is 0 Å². The number of nitrogens with one attached hydrogen (secondary N) is 1. The Bertz CT molecular complexity index is 406. The minimum absolute atomic E-state index is 0.664. The van der Waals surface area contributed by atoms with Crippen LogP contribution in [-0.2, 0) is 0 Å². The number of hydrogen-bond acceptors (Lipinski definition) is 4. The number of rotatable bonds is 2. The molecule has 3 rings (SSSR count). The first-order valence-electron chi connectivity index (χ1n) is 6.78. The molecule has 1 aromatic rings. The first kappa shape index (κ1) is 12.2. The highest BCUT2D eigenvalue weighted by molar-refractivity contribution is 6.32. The van der Waals surface area contributed by atoms with Crippen LogP contribution in [0.4, 0.5) is 5.82 Å². The average Bonchev–Trinajstić information content (AvgIpc) is 2.93. The van der Waals surface area contributed by atoms with Crippen LogP contribution >= 0.6 is 11.6 Å². The zero-order valence-electron chi connectivity index (χ0n) is 10.5. The molecule has 0 aromatic carbocycles. The molecule has 2 aliphatic rings. The second-order valence-corrected chi connectivity index (χ2v) is 5.65. The van der Waals surface area contributed by atoms with Gasteiger partial charge in [-0.3, -0.25) is 0 Å². The Morgan fingerprint density at radius 1 is 1.33 bits per heavy atom. The smallest absolute Gasteiger partial charge is 0.150 e. The van der Waals surface area contributed by atoms with E-state index in [2.05, 4.69) is 20.2 Å². The standard InChI is InChI=1S/C13H19ClN4/c14-11-7-15-9-17-13(11)18-6-2-3-10(8-18)12-4-1-5-16-12/h7,9-10,12,16H,1-6,8H2. The van der Waals surface area contributed by atoms with Gasteiger partial charge in [0.05, 0.1) is 6.20 Å². The molecule has 2 fully saturated rings. The molecule has 2 aliphatic heterocycles. The third-order valence-electron chi connectivity index (χ3n) is 4.07. The molecular weight excluding hydrogens is 248 g/mol. The number of hydrogen-bond donors (Lipinski definition) is 1. The number of piperidine rings is 1. The van der Waals surface area contributed by atoms with Crippen LogP contribution < -0.4 is 10.2 Å². The molecule has 1 aromatic heterocycles. The summed E-state index contributed by atoms with van der Waals surface area (Å²) in [5, 5.41) is 4.28. The molecule has 0 bridgehead atoms. The molecule has 0 saturated carbocycles. The zero-order valence-corrected chi connectivity index (χ0v) is 11.2. The molecule has 18 heavy (non-hydrogen) atoms. The molecule has 98 valence electrons. The lowest BCUT2D eigenvalue weighted by molar-refractivity contribution is 0.328. The van der Waals surface area contributed by atoms with Crippen molar-refractivity contribution in [2.24, 2.45) is 5.92 Å². The zero-order chi connectivity index (χ0) is 12.4. The molecule has 5 heteroatoms. The maximum atomic E-state index is 6.18. The highest BCUT2D eigenvalue weighted by Crippen LogP contribution is 2.29.